The van der Waals surface area contributed by atoms with Gasteiger partial charge in [-0.25, -0.2) is 0 Å². The van der Waals surface area contributed by atoms with E-state index in [-0.39, 0.29) is 11.9 Å². The van der Waals surface area contributed by atoms with E-state index in [9.17, 15) is 4.79 Å². The smallest absolute Gasteiger partial charge is 0.224 e. The maximum atomic E-state index is 12.2. The van der Waals surface area contributed by atoms with Gasteiger partial charge in [0.25, 0.3) is 0 Å². The second kappa shape index (κ2) is 7.34. The summed E-state index contributed by atoms with van der Waals surface area (Å²) in [7, 11) is 0. The van der Waals surface area contributed by atoms with E-state index in [0.29, 0.717) is 13.0 Å². The van der Waals surface area contributed by atoms with Gasteiger partial charge in [-0.1, -0.05) is 12.8 Å². The average Bonchev–Trinajstić information content (AvgIpc) is 2.76. The molecule has 4 nitrogen and oxygen atoms in total. The molecule has 0 spiro atoms. The summed E-state index contributed by atoms with van der Waals surface area (Å²) in [6.45, 7) is 4.60. The molecule has 1 aliphatic rings. The second-order valence-electron chi connectivity index (χ2n) is 5.36. The number of nitrogens with one attached hydrogen (secondary N) is 1. The first kappa shape index (κ1) is 14.1. The highest BCUT2D eigenvalue weighted by Gasteiger charge is 2.17. The molecule has 4 heteroatoms. The van der Waals surface area contributed by atoms with Crippen molar-refractivity contribution in [1.29, 1.82) is 0 Å². The lowest BCUT2D eigenvalue weighted by atomic mass is 10.2. The van der Waals surface area contributed by atoms with E-state index in [4.69, 9.17) is 4.42 Å². The lowest BCUT2D eigenvalue weighted by molar-refractivity contribution is -0.131. The number of amides is 1. The summed E-state index contributed by atoms with van der Waals surface area (Å²) in [5.41, 5.74) is 0. The van der Waals surface area contributed by atoms with E-state index in [1.807, 2.05) is 17.0 Å². The van der Waals surface area contributed by atoms with Gasteiger partial charge in [0, 0.05) is 25.6 Å². The number of hydrogen-bond donors (Lipinski definition) is 1. The third-order valence-electron chi connectivity index (χ3n) is 3.64. The van der Waals surface area contributed by atoms with E-state index in [0.717, 1.165) is 31.7 Å². The number of rotatable bonds is 5. The zero-order chi connectivity index (χ0) is 13.5. The maximum absolute atomic E-state index is 12.2. The molecule has 0 bridgehead atoms. The van der Waals surface area contributed by atoms with Crippen LogP contribution in [-0.4, -0.2) is 29.9 Å². The SMILES string of the molecule is C[C@H](CC(=O)N1CCCCCC1)NCc1ccco1. The summed E-state index contributed by atoms with van der Waals surface area (Å²) in [6, 6.07) is 4.00. The number of nitrogens with zero attached hydrogens (tertiary/aromatic N) is 1. The Balaban J connectivity index is 1.71. The molecule has 2 rings (SSSR count). The van der Waals surface area contributed by atoms with Gasteiger partial charge in [0.15, 0.2) is 0 Å². The first-order valence-corrected chi connectivity index (χ1v) is 7.29. The molecule has 2 heterocycles. The molecule has 0 aliphatic carbocycles. The zero-order valence-corrected chi connectivity index (χ0v) is 11.7. The van der Waals surface area contributed by atoms with Crippen LogP contribution in [0.3, 0.4) is 0 Å². The minimum Gasteiger partial charge on any atom is -0.468 e. The molecule has 1 N–H and O–H groups in total. The fraction of sp³-hybridized carbons (Fsp3) is 0.667. The Bertz CT molecular complexity index is 368. The molecule has 1 atom stereocenters. The number of likely N-dealkylation sites (tertiary alicyclic amines) is 1. The van der Waals surface area contributed by atoms with Crippen LogP contribution in [-0.2, 0) is 11.3 Å². The molecule has 0 saturated carbocycles. The van der Waals surface area contributed by atoms with Crippen molar-refractivity contribution in [1.82, 2.24) is 10.2 Å². The molecule has 0 unspecified atom stereocenters. The predicted molar refractivity (Wildman–Crippen MR) is 74.7 cm³/mol. The van der Waals surface area contributed by atoms with Gasteiger partial charge in [0.2, 0.25) is 5.91 Å². The van der Waals surface area contributed by atoms with Crippen LogP contribution in [0.5, 0.6) is 0 Å². The largest absolute Gasteiger partial charge is 0.468 e. The summed E-state index contributed by atoms with van der Waals surface area (Å²) >= 11 is 0. The number of hydrogen-bond acceptors (Lipinski definition) is 3. The highest BCUT2D eigenvalue weighted by atomic mass is 16.3. The van der Waals surface area contributed by atoms with Gasteiger partial charge in [0.1, 0.15) is 5.76 Å². The van der Waals surface area contributed by atoms with Crippen LogP contribution in [0.1, 0.15) is 44.8 Å². The fourth-order valence-electron chi connectivity index (χ4n) is 2.47. The predicted octanol–water partition coefficient (Wildman–Crippen LogP) is 2.55. The normalized spacial score (nSPS) is 18.1. The quantitative estimate of drug-likeness (QED) is 0.889. The van der Waals surface area contributed by atoms with Gasteiger partial charge >= 0.3 is 0 Å². The molecular weight excluding hydrogens is 240 g/mol. The fourth-order valence-corrected chi connectivity index (χ4v) is 2.47. The van der Waals surface area contributed by atoms with Crippen LogP contribution in [0, 0.1) is 0 Å². The topological polar surface area (TPSA) is 45.5 Å². The van der Waals surface area contributed by atoms with Gasteiger partial charge in [-0.3, -0.25) is 4.79 Å². The Morgan fingerprint density at radius 2 is 2.11 bits per heavy atom. The summed E-state index contributed by atoms with van der Waals surface area (Å²) in [5, 5.41) is 3.33. The minimum absolute atomic E-state index is 0.181. The Kier molecular flexibility index (Phi) is 5.45. The van der Waals surface area contributed by atoms with Gasteiger partial charge in [-0.05, 0) is 31.9 Å². The number of carbonyl (C=O) groups is 1. The Hall–Kier alpha value is -1.29. The summed E-state index contributed by atoms with van der Waals surface area (Å²) in [5.74, 6) is 1.19. The molecule has 1 aromatic heterocycles. The highest BCUT2D eigenvalue weighted by molar-refractivity contribution is 5.76. The summed E-state index contributed by atoms with van der Waals surface area (Å²) in [4.78, 5) is 14.2. The molecular formula is C15H24N2O2. The molecule has 1 fully saturated rings. The van der Waals surface area contributed by atoms with Crippen molar-refractivity contribution in [3.8, 4) is 0 Å². The van der Waals surface area contributed by atoms with Gasteiger partial charge in [0.05, 0.1) is 12.8 Å². The molecule has 106 valence electrons. The minimum atomic E-state index is 0.181. The van der Waals surface area contributed by atoms with Crippen LogP contribution in [0.15, 0.2) is 22.8 Å². The lowest BCUT2D eigenvalue weighted by Gasteiger charge is -2.22. The molecule has 1 saturated heterocycles. The lowest BCUT2D eigenvalue weighted by Crippen LogP contribution is -2.37. The van der Waals surface area contributed by atoms with Crippen molar-refractivity contribution in [3.05, 3.63) is 24.2 Å². The van der Waals surface area contributed by atoms with Crippen LogP contribution in [0.25, 0.3) is 0 Å². The first-order chi connectivity index (χ1) is 9.25. The summed E-state index contributed by atoms with van der Waals surface area (Å²) in [6.07, 6.45) is 7.07. The molecule has 19 heavy (non-hydrogen) atoms. The van der Waals surface area contributed by atoms with Crippen LogP contribution >= 0.6 is 0 Å². The maximum Gasteiger partial charge on any atom is 0.224 e. The van der Waals surface area contributed by atoms with Crippen molar-refractivity contribution in [2.24, 2.45) is 0 Å². The van der Waals surface area contributed by atoms with Gasteiger partial charge < -0.3 is 14.6 Å². The van der Waals surface area contributed by atoms with Crippen molar-refractivity contribution in [3.63, 3.8) is 0 Å². The van der Waals surface area contributed by atoms with E-state index in [2.05, 4.69) is 12.2 Å². The summed E-state index contributed by atoms with van der Waals surface area (Å²) < 4.78 is 5.26. The van der Waals surface area contributed by atoms with Gasteiger partial charge in [-0.2, -0.15) is 0 Å². The van der Waals surface area contributed by atoms with E-state index >= 15 is 0 Å². The molecule has 0 radical (unpaired) electrons. The molecule has 1 aromatic rings. The molecule has 1 amide bonds. The van der Waals surface area contributed by atoms with Crippen molar-refractivity contribution >= 4 is 5.91 Å². The zero-order valence-electron chi connectivity index (χ0n) is 11.7. The van der Waals surface area contributed by atoms with Crippen molar-refractivity contribution < 1.29 is 9.21 Å². The third-order valence-corrected chi connectivity index (χ3v) is 3.64. The number of carbonyl (C=O) groups excluding carboxylic acids is 1. The van der Waals surface area contributed by atoms with Crippen LogP contribution < -0.4 is 5.32 Å². The number of furan rings is 1. The van der Waals surface area contributed by atoms with Crippen molar-refractivity contribution in [2.45, 2.75) is 51.6 Å². The Morgan fingerprint density at radius 3 is 2.74 bits per heavy atom. The van der Waals surface area contributed by atoms with Crippen LogP contribution in [0.2, 0.25) is 0 Å². The third kappa shape index (κ3) is 4.71. The van der Waals surface area contributed by atoms with Crippen molar-refractivity contribution in [2.75, 3.05) is 13.1 Å². The van der Waals surface area contributed by atoms with E-state index in [1.165, 1.54) is 12.8 Å². The monoisotopic (exact) mass is 264 g/mol. The standard InChI is InChI=1S/C15H24N2O2/c1-13(16-12-14-7-6-10-19-14)11-15(18)17-8-4-2-3-5-9-17/h6-7,10,13,16H,2-5,8-9,11-12H2,1H3/t13-/m1/s1. The average molecular weight is 264 g/mol. The highest BCUT2D eigenvalue weighted by Crippen LogP contribution is 2.11. The van der Waals surface area contributed by atoms with Crippen LogP contribution in [0.4, 0.5) is 0 Å². The Morgan fingerprint density at radius 1 is 1.37 bits per heavy atom. The molecule has 0 aromatic carbocycles. The Labute approximate surface area is 115 Å². The van der Waals surface area contributed by atoms with E-state index < -0.39 is 0 Å². The second-order valence-corrected chi connectivity index (χ2v) is 5.36. The van der Waals surface area contributed by atoms with E-state index in [1.54, 1.807) is 6.26 Å². The first-order valence-electron chi connectivity index (χ1n) is 7.29. The van der Waals surface area contributed by atoms with Gasteiger partial charge in [-0.15, -0.1) is 0 Å². The molecule has 1 aliphatic heterocycles.